The zero-order chi connectivity index (χ0) is 30.1. The summed E-state index contributed by atoms with van der Waals surface area (Å²) in [7, 11) is 0. The van der Waals surface area contributed by atoms with E-state index < -0.39 is 11.9 Å². The topological polar surface area (TPSA) is 161 Å². The minimum Gasteiger partial charge on any atom is -0.478 e. The van der Waals surface area contributed by atoms with Gasteiger partial charge < -0.3 is 36.1 Å². The Hall–Kier alpha value is -6.22. The van der Waals surface area contributed by atoms with Crippen molar-refractivity contribution in [3.05, 3.63) is 120 Å². The molecule has 5 aromatic carbocycles. The van der Waals surface area contributed by atoms with Crippen LogP contribution in [0.25, 0.3) is 33.3 Å². The Morgan fingerprint density at radius 1 is 0.581 bits per heavy atom. The van der Waals surface area contributed by atoms with Crippen LogP contribution in [0.15, 0.2) is 109 Å². The zero-order valence-corrected chi connectivity index (χ0v) is 22.6. The number of fused-ring (bicyclic) bond motifs is 1. The van der Waals surface area contributed by atoms with Crippen LogP contribution in [0.2, 0.25) is 0 Å². The number of aromatic carboxylic acids is 2. The quantitative estimate of drug-likeness (QED) is 0.116. The van der Waals surface area contributed by atoms with Crippen LogP contribution in [0.4, 0.5) is 11.4 Å². The predicted octanol–water partition coefficient (Wildman–Crippen LogP) is 7.65. The minimum atomic E-state index is -1.12. The highest BCUT2D eigenvalue weighted by molar-refractivity contribution is 6.04. The van der Waals surface area contributed by atoms with Crippen molar-refractivity contribution in [3.8, 4) is 45.4 Å². The van der Waals surface area contributed by atoms with E-state index in [4.69, 9.17) is 20.9 Å². The lowest BCUT2D eigenvalue weighted by molar-refractivity contribution is 0.0687. The third-order valence-electron chi connectivity index (χ3n) is 6.97. The average molecular weight is 572 g/mol. The molecule has 43 heavy (non-hydrogen) atoms. The second-order valence-electron chi connectivity index (χ2n) is 9.78. The largest absolute Gasteiger partial charge is 0.478 e. The molecule has 0 saturated carbocycles. The minimum absolute atomic E-state index is 0.0209. The summed E-state index contributed by atoms with van der Waals surface area (Å²) in [5, 5.41) is 19.7. The Morgan fingerprint density at radius 2 is 1.05 bits per heavy atom. The lowest BCUT2D eigenvalue weighted by Crippen LogP contribution is -2.02. The summed E-state index contributed by atoms with van der Waals surface area (Å²) in [6.07, 6.45) is 0. The van der Waals surface area contributed by atoms with Crippen molar-refractivity contribution in [1.29, 1.82) is 0 Å². The number of aromatic amines is 1. The van der Waals surface area contributed by atoms with Crippen LogP contribution in [-0.2, 0) is 0 Å². The van der Waals surface area contributed by atoms with Gasteiger partial charge in [-0.15, -0.1) is 0 Å². The van der Waals surface area contributed by atoms with Crippen molar-refractivity contribution in [2.24, 2.45) is 0 Å². The lowest BCUT2D eigenvalue weighted by atomic mass is 9.98. The molecule has 0 atom stereocenters. The number of hydrogen-bond donors (Lipinski definition) is 5. The van der Waals surface area contributed by atoms with Crippen LogP contribution in [0, 0.1) is 0 Å². The fourth-order valence-corrected chi connectivity index (χ4v) is 4.88. The molecule has 0 amide bonds. The summed E-state index contributed by atoms with van der Waals surface area (Å²) >= 11 is 0. The SMILES string of the molecule is Nc1ccc(Oc2ccc(-c3[nH]c4ccccc4c3-c3ccc(Oc4ccc(N)c(C(=O)O)c4)cc3)cc2)cc1C(=O)O. The molecule has 0 aliphatic carbocycles. The van der Waals surface area contributed by atoms with Gasteiger partial charge in [-0.1, -0.05) is 30.3 Å². The first kappa shape index (κ1) is 27.0. The van der Waals surface area contributed by atoms with E-state index in [9.17, 15) is 19.8 Å². The van der Waals surface area contributed by atoms with Gasteiger partial charge in [0.05, 0.1) is 16.8 Å². The van der Waals surface area contributed by atoms with Crippen molar-refractivity contribution in [2.45, 2.75) is 0 Å². The van der Waals surface area contributed by atoms with E-state index >= 15 is 0 Å². The van der Waals surface area contributed by atoms with Crippen LogP contribution in [0.5, 0.6) is 23.0 Å². The van der Waals surface area contributed by atoms with Crippen molar-refractivity contribution in [3.63, 3.8) is 0 Å². The maximum Gasteiger partial charge on any atom is 0.337 e. The molecular formula is C34H25N3O6. The zero-order valence-electron chi connectivity index (χ0n) is 22.6. The van der Waals surface area contributed by atoms with Crippen molar-refractivity contribution in [1.82, 2.24) is 4.98 Å². The number of para-hydroxylation sites is 1. The van der Waals surface area contributed by atoms with E-state index in [-0.39, 0.29) is 22.5 Å². The Labute approximate surface area is 245 Å². The number of rotatable bonds is 8. The lowest BCUT2D eigenvalue weighted by Gasteiger charge is -2.11. The Balaban J connectivity index is 1.30. The number of aromatic nitrogens is 1. The normalized spacial score (nSPS) is 10.9. The molecule has 1 heterocycles. The van der Waals surface area contributed by atoms with Crippen LogP contribution < -0.4 is 20.9 Å². The Bertz CT molecular complexity index is 2000. The van der Waals surface area contributed by atoms with Crippen molar-refractivity contribution >= 4 is 34.2 Å². The molecule has 0 saturated heterocycles. The molecule has 0 fully saturated rings. The number of nitrogen functional groups attached to an aromatic ring is 2. The maximum atomic E-state index is 11.4. The molecule has 0 radical (unpaired) electrons. The van der Waals surface area contributed by atoms with Crippen molar-refractivity contribution < 1.29 is 29.3 Å². The molecule has 1 aromatic heterocycles. The third-order valence-corrected chi connectivity index (χ3v) is 6.97. The molecule has 212 valence electrons. The van der Waals surface area contributed by atoms with Gasteiger partial charge in [-0.05, 0) is 90.0 Å². The molecule has 6 aromatic rings. The maximum absolute atomic E-state index is 11.4. The van der Waals surface area contributed by atoms with E-state index in [0.29, 0.717) is 23.0 Å². The number of carboxylic acids is 2. The first-order valence-electron chi connectivity index (χ1n) is 13.2. The summed E-state index contributed by atoms with van der Waals surface area (Å²) in [6, 6.07) is 32.1. The number of nitrogens with two attached hydrogens (primary N) is 2. The van der Waals surface area contributed by atoms with E-state index in [1.165, 1.54) is 24.3 Å². The third kappa shape index (κ3) is 5.42. The van der Waals surface area contributed by atoms with Gasteiger partial charge >= 0.3 is 11.9 Å². The second-order valence-corrected chi connectivity index (χ2v) is 9.78. The molecule has 0 unspecified atom stereocenters. The first-order chi connectivity index (χ1) is 20.8. The van der Waals surface area contributed by atoms with Gasteiger partial charge in [0.2, 0.25) is 0 Å². The Kier molecular flexibility index (Phi) is 6.89. The highest BCUT2D eigenvalue weighted by Gasteiger charge is 2.16. The standard InChI is InChI=1S/C34H25N3O6/c35-28-15-13-23(17-26(28)33(38)39)42-21-9-5-19(6-10-21)31-25-3-1-2-4-30(25)37-32(31)20-7-11-22(12-8-20)43-24-14-16-29(36)27(18-24)34(40)41/h1-18,37H,35-36H2,(H,38,39)(H,40,41). The molecule has 9 heteroatoms. The second kappa shape index (κ2) is 11.0. The summed E-state index contributed by atoms with van der Waals surface area (Å²) < 4.78 is 11.8. The van der Waals surface area contributed by atoms with Gasteiger partial charge in [-0.2, -0.15) is 0 Å². The number of carbonyl (C=O) groups is 2. The Morgan fingerprint density at radius 3 is 1.56 bits per heavy atom. The number of benzene rings is 5. The van der Waals surface area contributed by atoms with E-state index in [0.717, 1.165) is 33.3 Å². The summed E-state index contributed by atoms with van der Waals surface area (Å²) in [5.41, 5.74) is 16.6. The summed E-state index contributed by atoms with van der Waals surface area (Å²) in [6.45, 7) is 0. The number of H-pyrrole nitrogens is 1. The first-order valence-corrected chi connectivity index (χ1v) is 13.2. The van der Waals surface area contributed by atoms with Gasteiger partial charge in [0.1, 0.15) is 23.0 Å². The van der Waals surface area contributed by atoms with Crippen LogP contribution in [0.1, 0.15) is 20.7 Å². The monoisotopic (exact) mass is 571 g/mol. The highest BCUT2D eigenvalue weighted by atomic mass is 16.5. The van der Waals surface area contributed by atoms with Gasteiger partial charge in [-0.25, -0.2) is 9.59 Å². The summed E-state index contributed by atoms with van der Waals surface area (Å²) in [5.74, 6) is -0.429. The van der Waals surface area contributed by atoms with Crippen LogP contribution in [-0.4, -0.2) is 27.1 Å². The number of ether oxygens (including phenoxy) is 2. The number of anilines is 2. The number of carboxylic acid groups (broad SMARTS) is 2. The molecule has 7 N–H and O–H groups in total. The fourth-order valence-electron chi connectivity index (χ4n) is 4.88. The molecule has 9 nitrogen and oxygen atoms in total. The number of hydrogen-bond acceptors (Lipinski definition) is 6. The predicted molar refractivity (Wildman–Crippen MR) is 165 cm³/mol. The average Bonchev–Trinajstić information content (AvgIpc) is 3.39. The highest BCUT2D eigenvalue weighted by Crippen LogP contribution is 2.40. The van der Waals surface area contributed by atoms with Gasteiger partial charge in [0.25, 0.3) is 0 Å². The van der Waals surface area contributed by atoms with Gasteiger partial charge in [0.15, 0.2) is 0 Å². The van der Waals surface area contributed by atoms with E-state index in [1.807, 2.05) is 66.7 Å². The van der Waals surface area contributed by atoms with E-state index in [2.05, 4.69) is 11.1 Å². The summed E-state index contributed by atoms with van der Waals surface area (Å²) in [4.78, 5) is 26.4. The van der Waals surface area contributed by atoms with Crippen LogP contribution in [0.3, 0.4) is 0 Å². The van der Waals surface area contributed by atoms with Crippen molar-refractivity contribution in [2.75, 3.05) is 11.5 Å². The molecule has 0 aliphatic heterocycles. The van der Waals surface area contributed by atoms with Gasteiger partial charge in [0, 0.05) is 27.8 Å². The molecule has 0 aliphatic rings. The number of nitrogens with one attached hydrogen (secondary N) is 1. The molecule has 6 rings (SSSR count). The molecule has 0 bridgehead atoms. The smallest absolute Gasteiger partial charge is 0.337 e. The molecule has 0 spiro atoms. The van der Waals surface area contributed by atoms with E-state index in [1.54, 1.807) is 12.1 Å². The van der Waals surface area contributed by atoms with Crippen LogP contribution >= 0.6 is 0 Å². The molecular weight excluding hydrogens is 546 g/mol. The van der Waals surface area contributed by atoms with Gasteiger partial charge in [-0.3, -0.25) is 0 Å². The fraction of sp³-hybridized carbons (Fsp3) is 0.